The van der Waals surface area contributed by atoms with E-state index < -0.39 is 0 Å². The average Bonchev–Trinajstić information content (AvgIpc) is 3.53. The van der Waals surface area contributed by atoms with Crippen molar-refractivity contribution in [2.45, 2.75) is 0 Å². The Hall–Kier alpha value is -5.26. The first-order valence-corrected chi connectivity index (χ1v) is 13.4. The minimum absolute atomic E-state index is 0.504. The van der Waals surface area contributed by atoms with Crippen LogP contribution in [0.15, 0.2) is 120 Å². The van der Waals surface area contributed by atoms with E-state index in [9.17, 15) is 0 Å². The molecule has 3 aromatic heterocycles. The quantitative estimate of drug-likeness (QED) is 0.256. The van der Waals surface area contributed by atoms with Crippen molar-refractivity contribution in [3.8, 4) is 17.1 Å². The highest BCUT2D eigenvalue weighted by Crippen LogP contribution is 2.38. The zero-order chi connectivity index (χ0) is 26.6. The fourth-order valence-electron chi connectivity index (χ4n) is 5.70. The molecule has 8 aromatic rings. The van der Waals surface area contributed by atoms with Gasteiger partial charge in [0.25, 0.3) is 0 Å². The second-order valence-corrected chi connectivity index (χ2v) is 9.98. The van der Waals surface area contributed by atoms with Crippen LogP contribution >= 0.6 is 0 Å². The smallest absolute Gasteiger partial charge is 0.248 e. The predicted molar refractivity (Wildman–Crippen MR) is 165 cm³/mol. The molecule has 3 heterocycles. The summed E-state index contributed by atoms with van der Waals surface area (Å²) >= 11 is 0. The molecule has 40 heavy (non-hydrogen) atoms. The van der Waals surface area contributed by atoms with E-state index in [-0.39, 0.29) is 0 Å². The van der Waals surface area contributed by atoms with Gasteiger partial charge in [0.15, 0.2) is 5.82 Å². The number of hydrogen-bond donors (Lipinski definition) is 1. The highest BCUT2D eigenvalue weighted by Gasteiger charge is 2.21. The molecule has 2 N–H and O–H groups in total. The molecule has 8 rings (SSSR count). The number of aromatic nitrogens is 3. The first kappa shape index (κ1) is 22.7. The van der Waals surface area contributed by atoms with Crippen LogP contribution in [0.1, 0.15) is 5.56 Å². The number of benzene rings is 5. The lowest BCUT2D eigenvalue weighted by Crippen LogP contribution is -2.03. The van der Waals surface area contributed by atoms with Crippen LogP contribution in [0.25, 0.3) is 77.9 Å². The van der Waals surface area contributed by atoms with E-state index in [1.165, 1.54) is 21.5 Å². The molecule has 0 radical (unpaired) electrons. The van der Waals surface area contributed by atoms with Crippen LogP contribution in [-0.4, -0.2) is 21.1 Å². The molecule has 5 aromatic carbocycles. The fourth-order valence-corrected chi connectivity index (χ4v) is 5.70. The van der Waals surface area contributed by atoms with Gasteiger partial charge in [-0.05, 0) is 46.7 Å². The molecule has 0 bridgehead atoms. The number of para-hydroxylation sites is 2. The van der Waals surface area contributed by atoms with E-state index in [1.807, 2.05) is 36.4 Å². The molecule has 0 aliphatic carbocycles. The second kappa shape index (κ2) is 8.90. The van der Waals surface area contributed by atoms with Crippen molar-refractivity contribution in [2.75, 3.05) is 6.54 Å². The number of nitrogens with two attached hydrogens (primary N) is 1. The summed E-state index contributed by atoms with van der Waals surface area (Å²) in [5.74, 6) is 0.735. The maximum absolute atomic E-state index is 6.23. The van der Waals surface area contributed by atoms with Gasteiger partial charge in [-0.3, -0.25) is 4.57 Å². The van der Waals surface area contributed by atoms with Crippen molar-refractivity contribution in [3.63, 3.8) is 0 Å². The van der Waals surface area contributed by atoms with Crippen LogP contribution in [0, 0.1) is 0 Å². The molecule has 0 spiro atoms. The molecule has 0 fully saturated rings. The van der Waals surface area contributed by atoms with E-state index in [4.69, 9.17) is 20.1 Å². The Kier molecular flexibility index (Phi) is 5.05. The molecule has 0 unspecified atom stereocenters. The van der Waals surface area contributed by atoms with E-state index in [1.54, 1.807) is 0 Å². The van der Waals surface area contributed by atoms with E-state index in [0.29, 0.717) is 12.3 Å². The summed E-state index contributed by atoms with van der Waals surface area (Å²) < 4.78 is 8.46. The van der Waals surface area contributed by atoms with Gasteiger partial charge in [-0.2, -0.15) is 4.98 Å². The van der Waals surface area contributed by atoms with Gasteiger partial charge in [-0.25, -0.2) is 4.98 Å². The Morgan fingerprint density at radius 1 is 0.700 bits per heavy atom. The summed E-state index contributed by atoms with van der Waals surface area (Å²) in [6, 6.07) is 37.8. The van der Waals surface area contributed by atoms with Crippen molar-refractivity contribution in [1.29, 1.82) is 0 Å². The molecular formula is C35H24N4O. The minimum Gasteiger partial charge on any atom is -0.436 e. The molecule has 0 saturated carbocycles. The molecule has 5 nitrogen and oxygen atoms in total. The zero-order valence-corrected chi connectivity index (χ0v) is 21.6. The van der Waals surface area contributed by atoms with Crippen molar-refractivity contribution in [2.24, 2.45) is 5.73 Å². The van der Waals surface area contributed by atoms with Crippen LogP contribution in [0.4, 0.5) is 0 Å². The Labute approximate surface area is 229 Å². The Morgan fingerprint density at radius 3 is 2.25 bits per heavy atom. The molecule has 0 aliphatic rings. The molecule has 190 valence electrons. The molecule has 5 heteroatoms. The highest BCUT2D eigenvalue weighted by atomic mass is 16.3. The van der Waals surface area contributed by atoms with Crippen LogP contribution in [0.3, 0.4) is 0 Å². The summed E-state index contributed by atoms with van der Waals surface area (Å²) in [6.45, 7) is 0.504. The van der Waals surface area contributed by atoms with Gasteiger partial charge >= 0.3 is 0 Å². The number of hydrogen-bond acceptors (Lipinski definition) is 4. The van der Waals surface area contributed by atoms with E-state index in [0.717, 1.165) is 50.2 Å². The van der Waals surface area contributed by atoms with Crippen molar-refractivity contribution >= 4 is 60.9 Å². The number of furan rings is 1. The van der Waals surface area contributed by atoms with Gasteiger partial charge in [-0.1, -0.05) is 91.0 Å². The SMILES string of the molecule is NC/C=C\c1ccc(-c2nc3c(nc2-n2c4ccccc4c4cc5ccccc5cc42)oc2ccccc23)cc1. The lowest BCUT2D eigenvalue weighted by atomic mass is 10.1. The predicted octanol–water partition coefficient (Wildman–Crippen LogP) is 8.27. The van der Waals surface area contributed by atoms with Crippen LogP contribution in [-0.2, 0) is 0 Å². The van der Waals surface area contributed by atoms with Crippen molar-refractivity contribution in [1.82, 2.24) is 14.5 Å². The molecule has 0 amide bonds. The van der Waals surface area contributed by atoms with Crippen LogP contribution < -0.4 is 5.73 Å². The van der Waals surface area contributed by atoms with Gasteiger partial charge in [0, 0.05) is 28.3 Å². The maximum atomic E-state index is 6.23. The van der Waals surface area contributed by atoms with Crippen molar-refractivity contribution in [3.05, 3.63) is 121 Å². The van der Waals surface area contributed by atoms with Crippen molar-refractivity contribution < 1.29 is 4.42 Å². The average molecular weight is 517 g/mol. The Bertz CT molecular complexity index is 2250. The summed E-state index contributed by atoms with van der Waals surface area (Å²) in [4.78, 5) is 10.4. The first-order valence-electron chi connectivity index (χ1n) is 13.4. The molecular weight excluding hydrogens is 492 g/mol. The van der Waals surface area contributed by atoms with Gasteiger partial charge < -0.3 is 10.2 Å². The third kappa shape index (κ3) is 3.45. The number of fused-ring (bicyclic) bond motifs is 7. The number of rotatable bonds is 4. The van der Waals surface area contributed by atoms with Gasteiger partial charge in [0.2, 0.25) is 5.71 Å². The van der Waals surface area contributed by atoms with Gasteiger partial charge in [0.1, 0.15) is 16.8 Å². The summed E-state index contributed by atoms with van der Waals surface area (Å²) in [6.07, 6.45) is 3.98. The lowest BCUT2D eigenvalue weighted by molar-refractivity contribution is 0.652. The minimum atomic E-state index is 0.504. The third-order valence-electron chi connectivity index (χ3n) is 7.58. The standard InChI is InChI=1S/C35H24N4O/c36-19-7-8-22-15-17-23(18-16-22)32-34(38-35-33(37-32)27-12-4-6-14-31(27)40-35)39-29-13-5-3-11-26(29)28-20-24-9-1-2-10-25(24)21-30(28)39/h1-18,20-21H,19,36H2/b8-7-. The zero-order valence-electron chi connectivity index (χ0n) is 21.6. The summed E-state index contributed by atoms with van der Waals surface area (Å²) in [5, 5.41) is 5.68. The monoisotopic (exact) mass is 516 g/mol. The van der Waals surface area contributed by atoms with Gasteiger partial charge in [0.05, 0.1) is 11.0 Å². The number of nitrogens with zero attached hydrogens (tertiary/aromatic N) is 3. The molecule has 0 saturated heterocycles. The normalized spacial score (nSPS) is 12.1. The van der Waals surface area contributed by atoms with Crippen LogP contribution in [0.2, 0.25) is 0 Å². The molecule has 0 atom stereocenters. The third-order valence-corrected chi connectivity index (χ3v) is 7.58. The second-order valence-electron chi connectivity index (χ2n) is 9.98. The largest absolute Gasteiger partial charge is 0.436 e. The summed E-state index contributed by atoms with van der Waals surface area (Å²) in [5.41, 5.74) is 12.7. The Morgan fingerprint density at radius 2 is 1.43 bits per heavy atom. The van der Waals surface area contributed by atoms with E-state index >= 15 is 0 Å². The Balaban J connectivity index is 1.49. The maximum Gasteiger partial charge on any atom is 0.248 e. The van der Waals surface area contributed by atoms with Crippen LogP contribution in [0.5, 0.6) is 0 Å². The van der Waals surface area contributed by atoms with E-state index in [2.05, 4.69) is 89.5 Å². The lowest BCUT2D eigenvalue weighted by Gasteiger charge is -2.13. The van der Waals surface area contributed by atoms with Gasteiger partial charge in [-0.15, -0.1) is 0 Å². The first-order chi connectivity index (χ1) is 19.8. The summed E-state index contributed by atoms with van der Waals surface area (Å²) in [7, 11) is 0. The highest BCUT2D eigenvalue weighted by molar-refractivity contribution is 6.14. The fraction of sp³-hybridized carbons (Fsp3) is 0.0286. The molecule has 0 aliphatic heterocycles. The topological polar surface area (TPSA) is 69.9 Å².